The molecule has 0 fully saturated rings. The van der Waals surface area contributed by atoms with E-state index in [9.17, 15) is 14.0 Å². The van der Waals surface area contributed by atoms with Crippen LogP contribution in [0.25, 0.3) is 10.2 Å². The molecule has 27 heavy (non-hydrogen) atoms. The van der Waals surface area contributed by atoms with Crippen molar-refractivity contribution in [3.05, 3.63) is 55.1 Å². The number of thioether (sulfide) groups is 1. The summed E-state index contributed by atoms with van der Waals surface area (Å²) in [6, 6.07) is 4.08. The zero-order valence-electron chi connectivity index (χ0n) is 14.9. The first-order chi connectivity index (χ1) is 12.8. The first-order valence-corrected chi connectivity index (χ1v) is 10.8. The third kappa shape index (κ3) is 4.41. The fourth-order valence-electron chi connectivity index (χ4n) is 2.47. The highest BCUT2D eigenvalue weighted by molar-refractivity contribution is 9.10. The Morgan fingerprint density at radius 2 is 2.19 bits per heavy atom. The maximum absolute atomic E-state index is 13.1. The van der Waals surface area contributed by atoms with Crippen molar-refractivity contribution in [2.24, 2.45) is 0 Å². The summed E-state index contributed by atoms with van der Waals surface area (Å²) in [5, 5.41) is 3.02. The quantitative estimate of drug-likeness (QED) is 0.564. The van der Waals surface area contributed by atoms with Gasteiger partial charge in [0, 0.05) is 9.35 Å². The SMILES string of the molecule is Cc1sc2nc(CSC(C)C(=O)Nc3ccc(F)cc3Br)[nH]c(=O)c2c1C. The number of H-pyrrole nitrogens is 1. The molecule has 1 amide bonds. The van der Waals surface area contributed by atoms with Crippen LogP contribution in [0.5, 0.6) is 0 Å². The standard InChI is InChI=1S/C18H17BrFN3O2S2/c1-8-9(2)27-18-15(8)17(25)22-14(23-18)7-26-10(3)16(24)21-13-5-4-11(20)6-12(13)19/h4-6,10H,7H2,1-3H3,(H,21,24)(H,22,23,25). The highest BCUT2D eigenvalue weighted by atomic mass is 79.9. The number of hydrogen-bond donors (Lipinski definition) is 2. The number of halogens is 2. The number of aromatic amines is 1. The molecular formula is C18H17BrFN3O2S2. The number of carbonyl (C=O) groups is 1. The maximum atomic E-state index is 13.1. The molecule has 3 aromatic rings. The van der Waals surface area contributed by atoms with Gasteiger partial charge in [0.05, 0.1) is 22.1 Å². The summed E-state index contributed by atoms with van der Waals surface area (Å²) in [4.78, 5) is 33.8. The molecule has 0 aliphatic heterocycles. The number of thiophene rings is 1. The zero-order valence-corrected chi connectivity index (χ0v) is 18.1. The fraction of sp³-hybridized carbons (Fsp3) is 0.278. The topological polar surface area (TPSA) is 74.8 Å². The number of nitrogens with zero attached hydrogens (tertiary/aromatic N) is 1. The predicted molar refractivity (Wildman–Crippen MR) is 113 cm³/mol. The van der Waals surface area contributed by atoms with Crippen molar-refractivity contribution >= 4 is 60.8 Å². The van der Waals surface area contributed by atoms with Gasteiger partial charge in [-0.05, 0) is 60.5 Å². The van der Waals surface area contributed by atoms with Crippen LogP contribution in [0.4, 0.5) is 10.1 Å². The molecule has 9 heteroatoms. The van der Waals surface area contributed by atoms with Crippen molar-refractivity contribution in [2.45, 2.75) is 31.8 Å². The molecule has 142 valence electrons. The van der Waals surface area contributed by atoms with Crippen LogP contribution in [0.2, 0.25) is 0 Å². The highest BCUT2D eigenvalue weighted by Crippen LogP contribution is 2.27. The molecule has 2 aromatic heterocycles. The van der Waals surface area contributed by atoms with Crippen LogP contribution in [-0.2, 0) is 10.5 Å². The first-order valence-electron chi connectivity index (χ1n) is 8.12. The monoisotopic (exact) mass is 469 g/mol. The third-order valence-electron chi connectivity index (χ3n) is 4.12. The minimum absolute atomic E-state index is 0.148. The Bertz CT molecular complexity index is 1080. The molecule has 0 saturated carbocycles. The van der Waals surface area contributed by atoms with Crippen molar-refractivity contribution in [3.63, 3.8) is 0 Å². The van der Waals surface area contributed by atoms with E-state index in [2.05, 4.69) is 31.2 Å². The molecule has 3 rings (SSSR count). The second-order valence-corrected chi connectivity index (χ2v) is 9.43. The van der Waals surface area contributed by atoms with E-state index in [-0.39, 0.29) is 22.5 Å². The van der Waals surface area contributed by atoms with Crippen molar-refractivity contribution in [1.29, 1.82) is 0 Å². The Morgan fingerprint density at radius 3 is 2.89 bits per heavy atom. The lowest BCUT2D eigenvalue weighted by Crippen LogP contribution is -2.23. The van der Waals surface area contributed by atoms with Gasteiger partial charge in [0.2, 0.25) is 5.91 Å². The van der Waals surface area contributed by atoms with Crippen LogP contribution in [0, 0.1) is 19.7 Å². The Hall–Kier alpha value is -1.71. The maximum Gasteiger partial charge on any atom is 0.259 e. The molecule has 0 saturated heterocycles. The highest BCUT2D eigenvalue weighted by Gasteiger charge is 2.17. The number of carbonyl (C=O) groups excluding carboxylic acids is 1. The van der Waals surface area contributed by atoms with Gasteiger partial charge in [0.25, 0.3) is 5.56 Å². The van der Waals surface area contributed by atoms with E-state index in [4.69, 9.17) is 0 Å². The molecule has 0 radical (unpaired) electrons. The van der Waals surface area contributed by atoms with E-state index in [1.165, 1.54) is 41.3 Å². The number of anilines is 1. The molecule has 0 aliphatic carbocycles. The Kier molecular flexibility index (Phi) is 6.02. The smallest absolute Gasteiger partial charge is 0.259 e. The normalized spacial score (nSPS) is 12.3. The number of aryl methyl sites for hydroxylation is 2. The van der Waals surface area contributed by atoms with E-state index >= 15 is 0 Å². The van der Waals surface area contributed by atoms with E-state index in [0.717, 1.165) is 15.3 Å². The summed E-state index contributed by atoms with van der Waals surface area (Å²) < 4.78 is 13.6. The predicted octanol–water partition coefficient (Wildman–Crippen LogP) is 4.76. The van der Waals surface area contributed by atoms with Gasteiger partial charge in [-0.15, -0.1) is 23.1 Å². The summed E-state index contributed by atoms with van der Waals surface area (Å²) in [6.45, 7) is 5.66. The van der Waals surface area contributed by atoms with E-state index in [1.807, 2.05) is 13.8 Å². The Balaban J connectivity index is 1.68. The summed E-state index contributed by atoms with van der Waals surface area (Å²) in [6.07, 6.45) is 0. The van der Waals surface area contributed by atoms with Crippen LogP contribution in [0.3, 0.4) is 0 Å². The van der Waals surface area contributed by atoms with E-state index in [1.54, 1.807) is 6.92 Å². The van der Waals surface area contributed by atoms with Crippen LogP contribution in [0.15, 0.2) is 27.5 Å². The number of amides is 1. The summed E-state index contributed by atoms with van der Waals surface area (Å²) >= 11 is 6.09. The molecular weight excluding hydrogens is 453 g/mol. The van der Waals surface area contributed by atoms with E-state index < -0.39 is 0 Å². The average Bonchev–Trinajstić information content (AvgIpc) is 2.89. The van der Waals surface area contributed by atoms with Gasteiger partial charge in [-0.2, -0.15) is 0 Å². The molecule has 2 N–H and O–H groups in total. The summed E-state index contributed by atoms with van der Waals surface area (Å²) in [5.41, 5.74) is 1.32. The first kappa shape index (κ1) is 20.0. The van der Waals surface area contributed by atoms with Gasteiger partial charge in [-0.3, -0.25) is 9.59 Å². The van der Waals surface area contributed by atoms with Gasteiger partial charge in [0.15, 0.2) is 0 Å². The lowest BCUT2D eigenvalue weighted by molar-refractivity contribution is -0.115. The van der Waals surface area contributed by atoms with Crippen LogP contribution < -0.4 is 10.9 Å². The Morgan fingerprint density at radius 1 is 1.44 bits per heavy atom. The molecule has 1 atom stereocenters. The van der Waals surface area contributed by atoms with Crippen molar-refractivity contribution < 1.29 is 9.18 Å². The van der Waals surface area contributed by atoms with Crippen molar-refractivity contribution in [1.82, 2.24) is 9.97 Å². The molecule has 1 unspecified atom stereocenters. The Labute approximate surface area is 171 Å². The number of rotatable bonds is 5. The van der Waals surface area contributed by atoms with Crippen molar-refractivity contribution in [3.8, 4) is 0 Å². The summed E-state index contributed by atoms with van der Waals surface area (Å²) in [7, 11) is 0. The second kappa shape index (κ2) is 8.12. The molecule has 1 aromatic carbocycles. The lowest BCUT2D eigenvalue weighted by atomic mass is 10.2. The fourth-order valence-corrected chi connectivity index (χ4v) is 4.73. The molecule has 0 bridgehead atoms. The van der Waals surface area contributed by atoms with Gasteiger partial charge in [0.1, 0.15) is 16.5 Å². The minimum atomic E-state index is -0.383. The number of benzene rings is 1. The molecule has 2 heterocycles. The van der Waals surface area contributed by atoms with Crippen LogP contribution >= 0.6 is 39.0 Å². The summed E-state index contributed by atoms with van der Waals surface area (Å²) in [5.74, 6) is 0.354. The van der Waals surface area contributed by atoms with Gasteiger partial charge < -0.3 is 10.3 Å². The average molecular weight is 470 g/mol. The number of nitrogens with one attached hydrogen (secondary N) is 2. The lowest BCUT2D eigenvalue weighted by Gasteiger charge is -2.13. The van der Waals surface area contributed by atoms with Crippen LogP contribution in [-0.4, -0.2) is 21.1 Å². The zero-order chi connectivity index (χ0) is 19.7. The molecule has 0 spiro atoms. The van der Waals surface area contributed by atoms with Gasteiger partial charge >= 0.3 is 0 Å². The third-order valence-corrected chi connectivity index (χ3v) is 7.03. The largest absolute Gasteiger partial charge is 0.324 e. The van der Waals surface area contributed by atoms with Crippen LogP contribution in [0.1, 0.15) is 23.2 Å². The van der Waals surface area contributed by atoms with Gasteiger partial charge in [-0.1, -0.05) is 0 Å². The van der Waals surface area contributed by atoms with Gasteiger partial charge in [-0.25, -0.2) is 9.37 Å². The molecule has 0 aliphatic rings. The second-order valence-electron chi connectivity index (χ2n) is 6.04. The number of fused-ring (bicyclic) bond motifs is 1. The molecule has 5 nitrogen and oxygen atoms in total. The van der Waals surface area contributed by atoms with Crippen molar-refractivity contribution in [2.75, 3.05) is 5.32 Å². The van der Waals surface area contributed by atoms with E-state index in [0.29, 0.717) is 27.1 Å². The number of aromatic nitrogens is 2. The number of hydrogen-bond acceptors (Lipinski definition) is 5. The minimum Gasteiger partial charge on any atom is -0.324 e.